The van der Waals surface area contributed by atoms with Crippen molar-refractivity contribution in [2.45, 2.75) is 19.9 Å². The molecule has 0 aliphatic carbocycles. The number of carboxylic acid groups (broad SMARTS) is 1. The topological polar surface area (TPSA) is 58.4 Å². The van der Waals surface area contributed by atoms with Crippen molar-refractivity contribution in [2.24, 2.45) is 11.8 Å². The molecule has 1 aliphatic rings. The Kier molecular flexibility index (Phi) is 4.62. The molecule has 1 aromatic heterocycles. The number of carboxylic acids is 1. The van der Waals surface area contributed by atoms with Crippen LogP contribution in [0.2, 0.25) is 0 Å². The van der Waals surface area contributed by atoms with E-state index in [9.17, 15) is 18.7 Å². The highest BCUT2D eigenvalue weighted by Gasteiger charge is 2.29. The lowest BCUT2D eigenvalue weighted by atomic mass is 9.90. The number of hydrogen-bond donors (Lipinski definition) is 1. The van der Waals surface area contributed by atoms with Crippen LogP contribution in [0, 0.1) is 23.5 Å². The van der Waals surface area contributed by atoms with Crippen molar-refractivity contribution in [1.82, 2.24) is 14.7 Å². The zero-order valence-corrected chi connectivity index (χ0v) is 13.3. The van der Waals surface area contributed by atoms with Crippen LogP contribution in [-0.4, -0.2) is 38.8 Å². The second-order valence-corrected chi connectivity index (χ2v) is 6.39. The summed E-state index contributed by atoms with van der Waals surface area (Å²) in [5.74, 6) is -2.25. The van der Waals surface area contributed by atoms with Gasteiger partial charge in [0.25, 0.3) is 0 Å². The van der Waals surface area contributed by atoms with Crippen molar-refractivity contribution in [3.8, 4) is 5.69 Å². The van der Waals surface area contributed by atoms with E-state index in [4.69, 9.17) is 0 Å². The Bertz CT molecular complexity index is 727. The average molecular weight is 335 g/mol. The number of aliphatic carboxylic acids is 1. The summed E-state index contributed by atoms with van der Waals surface area (Å²) in [6.45, 7) is 3.72. The van der Waals surface area contributed by atoms with Gasteiger partial charge in [0.15, 0.2) is 11.6 Å². The molecule has 2 unspecified atom stereocenters. The number of para-hydroxylation sites is 1. The molecule has 0 spiro atoms. The van der Waals surface area contributed by atoms with Gasteiger partial charge < -0.3 is 5.11 Å². The second-order valence-electron chi connectivity index (χ2n) is 6.39. The van der Waals surface area contributed by atoms with E-state index in [0.29, 0.717) is 25.2 Å². The number of hydrogen-bond acceptors (Lipinski definition) is 3. The number of nitrogens with zero attached hydrogens (tertiary/aromatic N) is 3. The molecule has 2 aromatic rings. The molecule has 1 aliphatic heterocycles. The molecule has 2 heterocycles. The van der Waals surface area contributed by atoms with E-state index in [1.807, 2.05) is 11.8 Å². The second kappa shape index (κ2) is 6.68. The number of halogens is 2. The van der Waals surface area contributed by atoms with Gasteiger partial charge in [0.05, 0.1) is 11.6 Å². The summed E-state index contributed by atoms with van der Waals surface area (Å²) in [5, 5.41) is 13.5. The van der Waals surface area contributed by atoms with E-state index >= 15 is 0 Å². The molecule has 7 heteroatoms. The standard InChI is InChI=1S/C17H19F2N3O2/c1-11-7-12(17(23)24)9-21(8-11)10-13-5-6-22(20-13)16-14(18)3-2-4-15(16)19/h2-6,11-12H,7-10H2,1H3,(H,23,24). The fourth-order valence-corrected chi connectivity index (χ4v) is 3.28. The van der Waals surface area contributed by atoms with E-state index in [1.54, 1.807) is 6.07 Å². The highest BCUT2D eigenvalue weighted by molar-refractivity contribution is 5.70. The minimum absolute atomic E-state index is 0.209. The molecular weight excluding hydrogens is 316 g/mol. The van der Waals surface area contributed by atoms with Crippen LogP contribution < -0.4 is 0 Å². The first-order valence-electron chi connectivity index (χ1n) is 7.88. The first-order chi connectivity index (χ1) is 11.4. The summed E-state index contributed by atoms with van der Waals surface area (Å²) in [5.41, 5.74) is 0.440. The number of piperidine rings is 1. The van der Waals surface area contributed by atoms with Gasteiger partial charge in [0, 0.05) is 25.8 Å². The van der Waals surface area contributed by atoms with Crippen LogP contribution >= 0.6 is 0 Å². The van der Waals surface area contributed by atoms with E-state index in [1.165, 1.54) is 29.1 Å². The molecule has 0 saturated carbocycles. The van der Waals surface area contributed by atoms with Crippen LogP contribution in [-0.2, 0) is 11.3 Å². The van der Waals surface area contributed by atoms with Gasteiger partial charge >= 0.3 is 5.97 Å². The smallest absolute Gasteiger partial charge is 0.307 e. The van der Waals surface area contributed by atoms with Gasteiger partial charge in [0.1, 0.15) is 5.69 Å². The van der Waals surface area contributed by atoms with Gasteiger partial charge in [-0.1, -0.05) is 13.0 Å². The quantitative estimate of drug-likeness (QED) is 0.933. The normalized spacial score (nSPS) is 21.8. The molecule has 24 heavy (non-hydrogen) atoms. The van der Waals surface area contributed by atoms with E-state index < -0.39 is 17.6 Å². The monoisotopic (exact) mass is 335 g/mol. The highest BCUT2D eigenvalue weighted by Crippen LogP contribution is 2.23. The van der Waals surface area contributed by atoms with Crippen LogP contribution in [0.4, 0.5) is 8.78 Å². The maximum Gasteiger partial charge on any atom is 0.307 e. The Morgan fingerprint density at radius 2 is 2.00 bits per heavy atom. The van der Waals surface area contributed by atoms with Crippen molar-refractivity contribution in [3.63, 3.8) is 0 Å². The molecule has 0 bridgehead atoms. The third-order valence-electron chi connectivity index (χ3n) is 4.28. The Morgan fingerprint density at radius 3 is 2.67 bits per heavy atom. The van der Waals surface area contributed by atoms with E-state index in [0.717, 1.165) is 6.54 Å². The predicted octanol–water partition coefficient (Wildman–Crippen LogP) is 2.69. The number of aromatic nitrogens is 2. The third-order valence-corrected chi connectivity index (χ3v) is 4.28. The van der Waals surface area contributed by atoms with Gasteiger partial charge in [-0.3, -0.25) is 9.69 Å². The lowest BCUT2D eigenvalue weighted by molar-refractivity contribution is -0.144. The van der Waals surface area contributed by atoms with E-state index in [2.05, 4.69) is 5.10 Å². The summed E-state index contributed by atoms with van der Waals surface area (Å²) < 4.78 is 28.8. The minimum Gasteiger partial charge on any atom is -0.481 e. The lowest BCUT2D eigenvalue weighted by Gasteiger charge is -2.34. The largest absolute Gasteiger partial charge is 0.481 e. The first-order valence-corrected chi connectivity index (χ1v) is 7.88. The summed E-state index contributed by atoms with van der Waals surface area (Å²) >= 11 is 0. The Labute approximate surface area is 138 Å². The molecule has 1 saturated heterocycles. The molecule has 128 valence electrons. The molecule has 0 radical (unpaired) electrons. The summed E-state index contributed by atoms with van der Waals surface area (Å²) in [7, 11) is 0. The minimum atomic E-state index is -0.787. The molecule has 0 amide bonds. The van der Waals surface area contributed by atoms with Crippen LogP contribution in [0.15, 0.2) is 30.5 Å². The number of benzene rings is 1. The Hall–Kier alpha value is -2.28. The van der Waals surface area contributed by atoms with E-state index in [-0.39, 0.29) is 17.5 Å². The molecule has 1 aromatic carbocycles. The SMILES string of the molecule is CC1CC(C(=O)O)CN(Cc2ccn(-c3c(F)cccc3F)n2)C1. The fourth-order valence-electron chi connectivity index (χ4n) is 3.28. The zero-order valence-electron chi connectivity index (χ0n) is 13.3. The molecule has 1 fully saturated rings. The van der Waals surface area contributed by atoms with Gasteiger partial charge in [0.2, 0.25) is 0 Å². The van der Waals surface area contributed by atoms with Crippen LogP contribution in [0.25, 0.3) is 5.69 Å². The maximum atomic E-state index is 13.8. The first kappa shape index (κ1) is 16.6. The highest BCUT2D eigenvalue weighted by atomic mass is 19.1. The molecular formula is C17H19F2N3O2. The predicted molar refractivity (Wildman–Crippen MR) is 83.7 cm³/mol. The maximum absolute atomic E-state index is 13.8. The van der Waals surface area contributed by atoms with Crippen molar-refractivity contribution in [2.75, 3.05) is 13.1 Å². The summed E-state index contributed by atoms with van der Waals surface area (Å²) in [6.07, 6.45) is 2.18. The Balaban J connectivity index is 1.76. The summed E-state index contributed by atoms with van der Waals surface area (Å²) in [4.78, 5) is 13.3. The number of carbonyl (C=O) groups is 1. The molecule has 2 atom stereocenters. The van der Waals surface area contributed by atoms with Crippen molar-refractivity contribution >= 4 is 5.97 Å². The van der Waals surface area contributed by atoms with Crippen molar-refractivity contribution in [3.05, 3.63) is 47.8 Å². The number of likely N-dealkylation sites (tertiary alicyclic amines) is 1. The van der Waals surface area contributed by atoms with Crippen LogP contribution in [0.5, 0.6) is 0 Å². The zero-order chi connectivity index (χ0) is 17.3. The number of rotatable bonds is 4. The molecule has 3 rings (SSSR count). The van der Waals surface area contributed by atoms with Gasteiger partial charge in [-0.15, -0.1) is 0 Å². The Morgan fingerprint density at radius 1 is 1.29 bits per heavy atom. The van der Waals surface area contributed by atoms with Gasteiger partial charge in [-0.25, -0.2) is 13.5 Å². The third kappa shape index (κ3) is 3.46. The average Bonchev–Trinajstić information content (AvgIpc) is 2.94. The van der Waals surface area contributed by atoms with Crippen molar-refractivity contribution in [1.29, 1.82) is 0 Å². The van der Waals surface area contributed by atoms with Crippen molar-refractivity contribution < 1.29 is 18.7 Å². The van der Waals surface area contributed by atoms with Crippen LogP contribution in [0.3, 0.4) is 0 Å². The van der Waals surface area contributed by atoms with Crippen LogP contribution in [0.1, 0.15) is 19.0 Å². The fraction of sp³-hybridized carbons (Fsp3) is 0.412. The molecule has 1 N–H and O–H groups in total. The molecule has 5 nitrogen and oxygen atoms in total. The lowest BCUT2D eigenvalue weighted by Crippen LogP contribution is -2.42. The summed E-state index contributed by atoms with van der Waals surface area (Å²) in [6, 6.07) is 5.37. The van der Waals surface area contributed by atoms with Gasteiger partial charge in [-0.2, -0.15) is 5.10 Å². The van der Waals surface area contributed by atoms with Gasteiger partial charge in [-0.05, 0) is 30.5 Å².